The van der Waals surface area contributed by atoms with Crippen molar-refractivity contribution in [1.82, 2.24) is 5.43 Å². The highest BCUT2D eigenvalue weighted by Crippen LogP contribution is 2.40. The van der Waals surface area contributed by atoms with Gasteiger partial charge in [0.2, 0.25) is 0 Å². The third kappa shape index (κ3) is 4.26. The molecule has 29 heavy (non-hydrogen) atoms. The fourth-order valence-corrected chi connectivity index (χ4v) is 3.86. The number of rotatable bonds is 4. The Balaban J connectivity index is 1.88. The molecule has 0 aliphatic carbocycles. The highest BCUT2D eigenvalue weighted by atomic mass is 35.5. The fourth-order valence-electron chi connectivity index (χ4n) is 3.37. The monoisotopic (exact) mass is 431 g/mol. The zero-order valence-electron chi connectivity index (χ0n) is 17.0. The van der Waals surface area contributed by atoms with Gasteiger partial charge in [0, 0.05) is 35.0 Å². The van der Waals surface area contributed by atoms with Crippen molar-refractivity contribution in [3.63, 3.8) is 0 Å². The summed E-state index contributed by atoms with van der Waals surface area (Å²) in [4.78, 5) is 14.5. The van der Waals surface area contributed by atoms with E-state index in [9.17, 15) is 4.79 Å². The van der Waals surface area contributed by atoms with Crippen molar-refractivity contribution in [3.8, 4) is 5.75 Å². The first kappa shape index (κ1) is 21.2. The lowest BCUT2D eigenvalue weighted by Gasteiger charge is -2.40. The molecule has 1 aliphatic rings. The predicted octanol–water partition coefficient (Wildman–Crippen LogP) is 5.40. The number of carbonyl (C=O) groups is 1. The van der Waals surface area contributed by atoms with Crippen molar-refractivity contribution in [2.45, 2.75) is 26.3 Å². The number of nitrogens with one attached hydrogen (secondary N) is 1. The number of allylic oxidation sites excluding steroid dienone is 1. The maximum absolute atomic E-state index is 12.3. The van der Waals surface area contributed by atoms with E-state index in [4.69, 9.17) is 27.9 Å². The Morgan fingerprint density at radius 1 is 1.24 bits per heavy atom. The maximum Gasteiger partial charge on any atom is 0.272 e. The van der Waals surface area contributed by atoms with Gasteiger partial charge in [-0.2, -0.15) is 5.10 Å². The zero-order chi connectivity index (χ0) is 21.3. The van der Waals surface area contributed by atoms with Crippen LogP contribution in [-0.2, 0) is 0 Å². The Kier molecular flexibility index (Phi) is 5.92. The van der Waals surface area contributed by atoms with Gasteiger partial charge in [-0.25, -0.2) is 5.43 Å². The number of amides is 1. The van der Waals surface area contributed by atoms with Gasteiger partial charge >= 0.3 is 0 Å². The van der Waals surface area contributed by atoms with Crippen LogP contribution in [-0.4, -0.2) is 31.8 Å². The van der Waals surface area contributed by atoms with Crippen LogP contribution in [0.5, 0.6) is 5.75 Å². The first-order chi connectivity index (χ1) is 13.6. The van der Waals surface area contributed by atoms with Gasteiger partial charge < -0.3 is 9.64 Å². The molecule has 7 heteroatoms. The number of methoxy groups -OCH3 is 1. The molecule has 2 aromatic carbocycles. The third-order valence-corrected chi connectivity index (χ3v) is 5.66. The number of carbonyl (C=O) groups excluding carboxylic acids is 1. The van der Waals surface area contributed by atoms with Crippen LogP contribution < -0.4 is 15.1 Å². The van der Waals surface area contributed by atoms with Crippen LogP contribution >= 0.6 is 23.2 Å². The second-order valence-corrected chi connectivity index (χ2v) is 8.32. The van der Waals surface area contributed by atoms with E-state index in [-0.39, 0.29) is 10.6 Å². The number of ether oxygens (including phenoxy) is 1. The summed E-state index contributed by atoms with van der Waals surface area (Å²) in [5.74, 6) is 0.251. The minimum atomic E-state index is -0.419. The van der Waals surface area contributed by atoms with Gasteiger partial charge in [-0.05, 0) is 50.6 Å². The Hall–Kier alpha value is -2.50. The second kappa shape index (κ2) is 8.09. The molecule has 3 rings (SSSR count). The number of nitrogens with zero attached hydrogens (tertiary/aromatic N) is 2. The van der Waals surface area contributed by atoms with Gasteiger partial charge in [-0.3, -0.25) is 4.79 Å². The number of hydrazone groups is 1. The summed E-state index contributed by atoms with van der Waals surface area (Å²) < 4.78 is 5.55. The molecule has 0 saturated carbocycles. The van der Waals surface area contributed by atoms with Crippen molar-refractivity contribution in [3.05, 3.63) is 63.1 Å². The zero-order valence-corrected chi connectivity index (χ0v) is 18.5. The maximum atomic E-state index is 12.3. The van der Waals surface area contributed by atoms with E-state index < -0.39 is 5.91 Å². The Labute approximate surface area is 180 Å². The van der Waals surface area contributed by atoms with Crippen LogP contribution in [0.3, 0.4) is 0 Å². The first-order valence-corrected chi connectivity index (χ1v) is 9.84. The van der Waals surface area contributed by atoms with Crippen molar-refractivity contribution in [2.75, 3.05) is 19.1 Å². The quantitative estimate of drug-likeness (QED) is 0.520. The molecule has 0 atom stereocenters. The normalized spacial score (nSPS) is 15.1. The third-order valence-electron chi connectivity index (χ3n) is 5.11. The number of hydrogen-bond acceptors (Lipinski definition) is 4. The Morgan fingerprint density at radius 3 is 2.62 bits per heavy atom. The highest BCUT2D eigenvalue weighted by Gasteiger charge is 2.29. The molecule has 0 spiro atoms. The summed E-state index contributed by atoms with van der Waals surface area (Å²) in [7, 11) is 3.67. The van der Waals surface area contributed by atoms with Crippen LogP contribution in [0.15, 0.2) is 41.5 Å². The lowest BCUT2D eigenvalue weighted by atomic mass is 9.88. The van der Waals surface area contributed by atoms with E-state index in [2.05, 4.69) is 49.3 Å². The van der Waals surface area contributed by atoms with Gasteiger partial charge in [-0.15, -0.1) is 0 Å². The largest absolute Gasteiger partial charge is 0.496 e. The lowest BCUT2D eigenvalue weighted by Crippen LogP contribution is -2.42. The molecule has 0 bridgehead atoms. The van der Waals surface area contributed by atoms with E-state index in [0.717, 1.165) is 16.8 Å². The summed E-state index contributed by atoms with van der Waals surface area (Å²) >= 11 is 11.9. The molecule has 0 unspecified atom stereocenters. The van der Waals surface area contributed by atoms with Crippen LogP contribution in [0, 0.1) is 0 Å². The van der Waals surface area contributed by atoms with Crippen molar-refractivity contribution >= 4 is 46.6 Å². The molecule has 5 nitrogen and oxygen atoms in total. The standard InChI is InChI=1S/C22H23Cl2N3O2/c1-13-11-22(2,3)27(4)19-10-20(29-5)14(8-17(13)19)12-25-26-21(28)16-7-6-15(23)9-18(16)24/h6-12H,1-5H3,(H,26,28)/b25-12-. The minimum absolute atomic E-state index is 0.0937. The fraction of sp³-hybridized carbons (Fsp3) is 0.273. The second-order valence-electron chi connectivity index (χ2n) is 7.47. The minimum Gasteiger partial charge on any atom is -0.496 e. The molecule has 152 valence electrons. The number of anilines is 1. The summed E-state index contributed by atoms with van der Waals surface area (Å²) in [6.45, 7) is 6.42. The molecule has 0 saturated heterocycles. The number of fused-ring (bicyclic) bond motifs is 1. The Bertz CT molecular complexity index is 1030. The topological polar surface area (TPSA) is 53.9 Å². The van der Waals surface area contributed by atoms with Gasteiger partial charge in [0.15, 0.2) is 0 Å². The van der Waals surface area contributed by atoms with Crippen LogP contribution in [0.2, 0.25) is 10.0 Å². The SMILES string of the molecule is COc1cc2c(cc1/C=N\NC(=O)c1ccc(Cl)cc1Cl)C(C)=CC(C)(C)N2C. The Morgan fingerprint density at radius 2 is 1.97 bits per heavy atom. The van der Waals surface area contributed by atoms with Gasteiger partial charge in [0.25, 0.3) is 5.91 Å². The number of halogens is 2. The molecule has 2 aromatic rings. The van der Waals surface area contributed by atoms with Crippen LogP contribution in [0.4, 0.5) is 5.69 Å². The molecule has 1 amide bonds. The van der Waals surface area contributed by atoms with E-state index >= 15 is 0 Å². The average Bonchev–Trinajstić information content (AvgIpc) is 2.65. The van der Waals surface area contributed by atoms with E-state index in [1.165, 1.54) is 11.6 Å². The summed E-state index contributed by atoms with van der Waals surface area (Å²) in [6, 6.07) is 8.68. The van der Waals surface area contributed by atoms with Crippen molar-refractivity contribution in [2.24, 2.45) is 5.10 Å². The lowest BCUT2D eigenvalue weighted by molar-refractivity contribution is 0.0955. The van der Waals surface area contributed by atoms with Crippen molar-refractivity contribution in [1.29, 1.82) is 0 Å². The molecule has 1 N–H and O–H groups in total. The van der Waals surface area contributed by atoms with Crippen LogP contribution in [0.1, 0.15) is 42.3 Å². The molecule has 1 heterocycles. The molecular weight excluding hydrogens is 409 g/mol. The predicted molar refractivity (Wildman–Crippen MR) is 121 cm³/mol. The van der Waals surface area contributed by atoms with E-state index in [1.54, 1.807) is 25.5 Å². The molecular formula is C22H23Cl2N3O2. The molecule has 0 fully saturated rings. The number of hydrogen-bond donors (Lipinski definition) is 1. The van der Waals surface area contributed by atoms with Crippen molar-refractivity contribution < 1.29 is 9.53 Å². The highest BCUT2D eigenvalue weighted by molar-refractivity contribution is 6.36. The number of likely N-dealkylation sites (N-methyl/N-ethyl adjacent to an activating group) is 1. The van der Waals surface area contributed by atoms with Crippen LogP contribution in [0.25, 0.3) is 5.57 Å². The van der Waals surface area contributed by atoms with Gasteiger partial charge in [0.05, 0.1) is 29.4 Å². The summed E-state index contributed by atoms with van der Waals surface area (Å²) in [5.41, 5.74) is 6.82. The van der Waals surface area contributed by atoms with E-state index in [1.807, 2.05) is 12.1 Å². The molecule has 0 radical (unpaired) electrons. The van der Waals surface area contributed by atoms with Gasteiger partial charge in [-0.1, -0.05) is 29.3 Å². The van der Waals surface area contributed by atoms with E-state index in [0.29, 0.717) is 16.3 Å². The average molecular weight is 432 g/mol. The smallest absolute Gasteiger partial charge is 0.272 e. The number of benzene rings is 2. The molecule has 1 aliphatic heterocycles. The first-order valence-electron chi connectivity index (χ1n) is 9.08. The van der Waals surface area contributed by atoms with Gasteiger partial charge in [0.1, 0.15) is 5.75 Å². The summed E-state index contributed by atoms with van der Waals surface area (Å²) in [5, 5.41) is 4.81. The molecule has 0 aromatic heterocycles. The summed E-state index contributed by atoms with van der Waals surface area (Å²) in [6.07, 6.45) is 3.79.